The third kappa shape index (κ3) is 3.77. The largest absolute Gasteiger partial charge is 0.497 e. The zero-order valence-corrected chi connectivity index (χ0v) is 15.6. The number of urea groups is 1. The Morgan fingerprint density at radius 3 is 2.21 bits per heavy atom. The van der Waals surface area contributed by atoms with Crippen molar-refractivity contribution in [2.24, 2.45) is 5.92 Å². The van der Waals surface area contributed by atoms with Crippen molar-refractivity contribution in [3.05, 3.63) is 65.2 Å². The smallest absolute Gasteiger partial charge is 0.437 e. The Labute approximate surface area is 164 Å². The molecule has 3 N–H and O–H groups in total. The fourth-order valence-electron chi connectivity index (χ4n) is 3.33. The van der Waals surface area contributed by atoms with E-state index >= 15 is 0 Å². The summed E-state index contributed by atoms with van der Waals surface area (Å²) in [6, 6.07) is 9.12. The van der Waals surface area contributed by atoms with E-state index < -0.39 is 35.7 Å². The molecule has 0 spiro atoms. The Morgan fingerprint density at radius 2 is 1.69 bits per heavy atom. The molecule has 0 aromatic heterocycles. The van der Waals surface area contributed by atoms with Crippen molar-refractivity contribution < 1.29 is 32.6 Å². The minimum absolute atomic E-state index is 0.0141. The van der Waals surface area contributed by atoms with E-state index in [9.17, 15) is 27.9 Å². The van der Waals surface area contributed by atoms with Gasteiger partial charge in [-0.25, -0.2) is 4.79 Å². The summed E-state index contributed by atoms with van der Waals surface area (Å²) in [5, 5.41) is 14.4. The average molecular weight is 408 g/mol. The number of aryl methyl sites for hydroxylation is 1. The van der Waals surface area contributed by atoms with Gasteiger partial charge in [-0.1, -0.05) is 42.0 Å². The molecule has 1 aliphatic rings. The second-order valence-corrected chi connectivity index (χ2v) is 6.82. The average Bonchev–Trinajstić information content (AvgIpc) is 2.67. The van der Waals surface area contributed by atoms with Crippen LogP contribution in [-0.2, 0) is 0 Å². The summed E-state index contributed by atoms with van der Waals surface area (Å²) in [6.45, 7) is 1.77. The van der Waals surface area contributed by atoms with Gasteiger partial charge in [-0.05, 0) is 24.6 Å². The van der Waals surface area contributed by atoms with Gasteiger partial charge in [0.1, 0.15) is 11.7 Å². The number of Topliss-reactive ketones (excluding diaryl/α,β-unsaturated/α-hetero) is 1. The van der Waals surface area contributed by atoms with Crippen LogP contribution in [0.5, 0.6) is 5.75 Å². The zero-order valence-electron chi connectivity index (χ0n) is 15.6. The van der Waals surface area contributed by atoms with E-state index in [2.05, 4.69) is 5.32 Å². The topological polar surface area (TPSA) is 87.7 Å². The highest BCUT2D eigenvalue weighted by molar-refractivity contribution is 6.00. The van der Waals surface area contributed by atoms with Crippen LogP contribution in [0.4, 0.5) is 18.0 Å². The summed E-state index contributed by atoms with van der Waals surface area (Å²) >= 11 is 0. The lowest BCUT2D eigenvalue weighted by Crippen LogP contribution is -2.72. The van der Waals surface area contributed by atoms with Gasteiger partial charge in [0.15, 0.2) is 5.78 Å². The minimum atomic E-state index is -5.29. The van der Waals surface area contributed by atoms with Gasteiger partial charge in [-0.15, -0.1) is 0 Å². The van der Waals surface area contributed by atoms with Crippen LogP contribution >= 0.6 is 0 Å². The zero-order chi connectivity index (χ0) is 21.4. The van der Waals surface area contributed by atoms with Crippen LogP contribution in [-0.4, -0.2) is 35.9 Å². The molecule has 1 aliphatic heterocycles. The number of rotatable bonds is 4. The highest BCUT2D eigenvalue weighted by atomic mass is 19.4. The third-order valence-corrected chi connectivity index (χ3v) is 4.90. The normalized spacial score (nSPS) is 24.4. The lowest BCUT2D eigenvalue weighted by Gasteiger charge is -2.45. The van der Waals surface area contributed by atoms with Crippen molar-refractivity contribution in [1.82, 2.24) is 10.6 Å². The molecule has 0 bridgehead atoms. The van der Waals surface area contributed by atoms with Crippen LogP contribution in [0.2, 0.25) is 0 Å². The monoisotopic (exact) mass is 408 g/mol. The van der Waals surface area contributed by atoms with Crippen LogP contribution in [0.15, 0.2) is 48.5 Å². The molecule has 2 aromatic rings. The number of ether oxygens (including phenoxy) is 1. The van der Waals surface area contributed by atoms with Crippen molar-refractivity contribution in [2.75, 3.05) is 7.11 Å². The van der Waals surface area contributed by atoms with Crippen molar-refractivity contribution >= 4 is 11.8 Å². The molecule has 0 unspecified atom stereocenters. The summed E-state index contributed by atoms with van der Waals surface area (Å²) in [7, 11) is 1.42. The molecule has 0 aliphatic carbocycles. The van der Waals surface area contributed by atoms with Crippen LogP contribution < -0.4 is 15.4 Å². The molecule has 3 rings (SSSR count). The molecule has 1 heterocycles. The molecule has 1 saturated heterocycles. The Morgan fingerprint density at radius 1 is 1.10 bits per heavy atom. The van der Waals surface area contributed by atoms with E-state index in [4.69, 9.17) is 4.74 Å². The Bertz CT molecular complexity index is 913. The Kier molecular flexibility index (Phi) is 5.27. The standard InChI is InChI=1S/C20H19F3N2O4/c1-11-3-5-13(6-4-11)17(26)15-16(12-7-9-14(29-2)10-8-12)24-18(27)25-19(15,28)20(21,22)23/h3-10,15-16,28H,1-2H3,(H2,24,25,27)/t15-,16+,19-/m1/s1. The molecule has 29 heavy (non-hydrogen) atoms. The number of alkyl halides is 3. The van der Waals surface area contributed by atoms with Crippen molar-refractivity contribution in [3.8, 4) is 5.75 Å². The highest BCUT2D eigenvalue weighted by Crippen LogP contribution is 2.44. The first-order chi connectivity index (χ1) is 13.6. The van der Waals surface area contributed by atoms with Gasteiger partial charge < -0.3 is 20.5 Å². The second kappa shape index (κ2) is 7.40. The van der Waals surface area contributed by atoms with E-state index in [1.54, 1.807) is 19.1 Å². The van der Waals surface area contributed by atoms with E-state index in [0.717, 1.165) is 5.56 Å². The lowest BCUT2D eigenvalue weighted by atomic mass is 9.77. The predicted molar refractivity (Wildman–Crippen MR) is 97.4 cm³/mol. The number of amides is 2. The number of aliphatic hydroxyl groups is 1. The van der Waals surface area contributed by atoms with E-state index in [0.29, 0.717) is 5.75 Å². The molecule has 2 amide bonds. The molecule has 0 saturated carbocycles. The van der Waals surface area contributed by atoms with Crippen LogP contribution in [0.3, 0.4) is 0 Å². The van der Waals surface area contributed by atoms with E-state index in [-0.39, 0.29) is 11.1 Å². The van der Waals surface area contributed by atoms with Crippen LogP contribution in [0.1, 0.15) is 27.5 Å². The van der Waals surface area contributed by atoms with Crippen LogP contribution in [0.25, 0.3) is 0 Å². The molecule has 9 heteroatoms. The Hall–Kier alpha value is -3.07. The summed E-state index contributed by atoms with van der Waals surface area (Å²) in [4.78, 5) is 25.1. The second-order valence-electron chi connectivity index (χ2n) is 6.82. The van der Waals surface area contributed by atoms with Gasteiger partial charge in [0.2, 0.25) is 5.72 Å². The van der Waals surface area contributed by atoms with E-state index in [1.165, 1.54) is 48.8 Å². The first-order valence-corrected chi connectivity index (χ1v) is 8.69. The first kappa shape index (κ1) is 20.7. The molecule has 154 valence electrons. The number of halogens is 3. The van der Waals surface area contributed by atoms with Gasteiger partial charge in [0.05, 0.1) is 13.2 Å². The first-order valence-electron chi connectivity index (χ1n) is 8.69. The summed E-state index contributed by atoms with van der Waals surface area (Å²) < 4.78 is 46.5. The number of methoxy groups -OCH3 is 1. The molecule has 2 aromatic carbocycles. The summed E-state index contributed by atoms with van der Waals surface area (Å²) in [6.07, 6.45) is -5.29. The van der Waals surface area contributed by atoms with Gasteiger partial charge in [-0.2, -0.15) is 13.2 Å². The third-order valence-electron chi connectivity index (χ3n) is 4.90. The number of carbonyl (C=O) groups is 2. The lowest BCUT2D eigenvalue weighted by molar-refractivity contribution is -0.287. The van der Waals surface area contributed by atoms with E-state index in [1.807, 2.05) is 0 Å². The quantitative estimate of drug-likeness (QED) is 0.679. The summed E-state index contributed by atoms with van der Waals surface area (Å²) in [5.41, 5.74) is -2.73. The predicted octanol–water partition coefficient (Wildman–Crippen LogP) is 3.11. The molecule has 6 nitrogen and oxygen atoms in total. The van der Waals surface area contributed by atoms with Gasteiger partial charge in [-0.3, -0.25) is 4.79 Å². The number of hydrogen-bond donors (Lipinski definition) is 3. The van der Waals surface area contributed by atoms with Crippen molar-refractivity contribution in [2.45, 2.75) is 24.9 Å². The van der Waals surface area contributed by atoms with Crippen LogP contribution in [0, 0.1) is 12.8 Å². The van der Waals surface area contributed by atoms with Gasteiger partial charge >= 0.3 is 12.2 Å². The minimum Gasteiger partial charge on any atom is -0.497 e. The molecular weight excluding hydrogens is 389 g/mol. The number of carbonyl (C=O) groups excluding carboxylic acids is 2. The molecule has 3 atom stereocenters. The fourth-order valence-corrected chi connectivity index (χ4v) is 3.33. The SMILES string of the molecule is COc1ccc([C@@H]2NC(=O)N[C@](O)(C(F)(F)F)[C@H]2C(=O)c2ccc(C)cc2)cc1. The number of hydrogen-bond acceptors (Lipinski definition) is 4. The maximum absolute atomic E-state index is 13.8. The fraction of sp³-hybridized carbons (Fsp3) is 0.300. The molecular formula is C20H19F3N2O4. The molecule has 1 fully saturated rings. The van der Waals surface area contributed by atoms with Crippen molar-refractivity contribution in [3.63, 3.8) is 0 Å². The number of ketones is 1. The number of nitrogens with one attached hydrogen (secondary N) is 2. The Balaban J connectivity index is 2.13. The van der Waals surface area contributed by atoms with Gasteiger partial charge in [0, 0.05) is 5.56 Å². The molecule has 0 radical (unpaired) electrons. The maximum atomic E-state index is 13.8. The summed E-state index contributed by atoms with van der Waals surface area (Å²) in [5.74, 6) is -2.57. The van der Waals surface area contributed by atoms with Gasteiger partial charge in [0.25, 0.3) is 0 Å². The van der Waals surface area contributed by atoms with Crippen molar-refractivity contribution in [1.29, 1.82) is 0 Å². The number of benzene rings is 2. The maximum Gasteiger partial charge on any atom is 0.437 e. The highest BCUT2D eigenvalue weighted by Gasteiger charge is 2.66.